The normalized spacial score (nSPS) is 23.2. The Morgan fingerprint density at radius 2 is 1.79 bits per heavy atom. The van der Waals surface area contributed by atoms with Gasteiger partial charge < -0.3 is 9.47 Å². The lowest BCUT2D eigenvalue weighted by atomic mass is 9.85. The second kappa shape index (κ2) is 5.96. The monoisotopic (exact) mass is 262 g/mol. The molecule has 2 heteroatoms. The maximum Gasteiger partial charge on any atom is 0.119 e. The highest BCUT2D eigenvalue weighted by Gasteiger charge is 2.38. The van der Waals surface area contributed by atoms with E-state index >= 15 is 0 Å². The number of methoxy groups -OCH3 is 1. The molecule has 1 saturated heterocycles. The minimum atomic E-state index is 0.482. The Labute approximate surface area is 117 Å². The molecule has 2 rings (SSSR count). The molecule has 3 atom stereocenters. The van der Waals surface area contributed by atoms with Crippen molar-refractivity contribution in [1.82, 2.24) is 0 Å². The lowest BCUT2D eigenvalue weighted by Gasteiger charge is -2.20. The molecule has 0 radical (unpaired) electrons. The van der Waals surface area contributed by atoms with E-state index in [1.165, 1.54) is 23.1 Å². The van der Waals surface area contributed by atoms with Gasteiger partial charge in [0.15, 0.2) is 0 Å². The van der Waals surface area contributed by atoms with E-state index in [0.29, 0.717) is 18.1 Å². The molecular weight excluding hydrogens is 236 g/mol. The van der Waals surface area contributed by atoms with E-state index in [-0.39, 0.29) is 0 Å². The third-order valence-corrected chi connectivity index (χ3v) is 4.31. The van der Waals surface area contributed by atoms with Gasteiger partial charge in [0.25, 0.3) is 0 Å². The number of rotatable bonds is 6. The fourth-order valence-corrected chi connectivity index (χ4v) is 3.21. The van der Waals surface area contributed by atoms with Crippen molar-refractivity contribution in [2.45, 2.75) is 65.1 Å². The summed E-state index contributed by atoms with van der Waals surface area (Å²) >= 11 is 0. The quantitative estimate of drug-likeness (QED) is 0.710. The Balaban J connectivity index is 2.18. The first-order valence-electron chi connectivity index (χ1n) is 7.41. The van der Waals surface area contributed by atoms with Crippen LogP contribution in [0.25, 0.3) is 0 Å². The topological polar surface area (TPSA) is 21.8 Å². The Kier molecular flexibility index (Phi) is 4.51. The third kappa shape index (κ3) is 3.11. The number of hydrogen-bond acceptors (Lipinski definition) is 2. The van der Waals surface area contributed by atoms with E-state index in [9.17, 15) is 0 Å². The third-order valence-electron chi connectivity index (χ3n) is 4.31. The van der Waals surface area contributed by atoms with Crippen LogP contribution in [0.2, 0.25) is 0 Å². The summed E-state index contributed by atoms with van der Waals surface area (Å²) in [5.74, 6) is 1.56. The zero-order valence-electron chi connectivity index (χ0n) is 12.8. The zero-order chi connectivity index (χ0) is 14.0. The maximum atomic E-state index is 5.72. The van der Waals surface area contributed by atoms with E-state index in [1.807, 2.05) is 0 Å². The van der Waals surface area contributed by atoms with Gasteiger partial charge in [-0.2, -0.15) is 0 Å². The van der Waals surface area contributed by atoms with Crippen LogP contribution in [-0.4, -0.2) is 19.3 Å². The molecule has 1 aromatic carbocycles. The lowest BCUT2D eigenvalue weighted by molar-refractivity contribution is 0.348. The zero-order valence-corrected chi connectivity index (χ0v) is 12.8. The maximum absolute atomic E-state index is 5.72. The Morgan fingerprint density at radius 1 is 1.16 bits per heavy atom. The standard InChI is InChI=1S/C17H26O2/c1-6-13(10-16-15(7-2)19-16)17-11(3)8-14(18-5)9-12(17)4/h8-9,13,15-16H,6-7,10H2,1-5H3. The van der Waals surface area contributed by atoms with E-state index in [0.717, 1.165) is 18.6 Å². The SMILES string of the molecule is CCC(CC1OC1CC)c1c(C)cc(OC)cc1C. The van der Waals surface area contributed by atoms with Crippen molar-refractivity contribution in [1.29, 1.82) is 0 Å². The minimum absolute atomic E-state index is 0.482. The average Bonchev–Trinajstić information content (AvgIpc) is 3.14. The predicted octanol–water partition coefficient (Wildman–Crippen LogP) is 4.37. The van der Waals surface area contributed by atoms with Gasteiger partial charge in [-0.05, 0) is 67.9 Å². The van der Waals surface area contributed by atoms with Crippen molar-refractivity contribution < 1.29 is 9.47 Å². The molecule has 0 amide bonds. The van der Waals surface area contributed by atoms with Crippen molar-refractivity contribution in [3.8, 4) is 5.75 Å². The Hall–Kier alpha value is -1.02. The molecular formula is C17H26O2. The van der Waals surface area contributed by atoms with E-state index in [2.05, 4.69) is 39.8 Å². The minimum Gasteiger partial charge on any atom is -0.497 e. The molecule has 2 nitrogen and oxygen atoms in total. The lowest BCUT2D eigenvalue weighted by Crippen LogP contribution is -2.07. The number of epoxide rings is 1. The highest BCUT2D eigenvalue weighted by atomic mass is 16.6. The predicted molar refractivity (Wildman–Crippen MR) is 79.1 cm³/mol. The first-order valence-corrected chi connectivity index (χ1v) is 7.41. The molecule has 1 heterocycles. The summed E-state index contributed by atoms with van der Waals surface area (Å²) in [6.07, 6.45) is 4.46. The van der Waals surface area contributed by atoms with Crippen LogP contribution in [0.4, 0.5) is 0 Å². The second-order valence-electron chi connectivity index (χ2n) is 5.64. The summed E-state index contributed by atoms with van der Waals surface area (Å²) in [4.78, 5) is 0. The number of hydrogen-bond donors (Lipinski definition) is 0. The van der Waals surface area contributed by atoms with E-state index in [1.54, 1.807) is 7.11 Å². The molecule has 0 N–H and O–H groups in total. The summed E-state index contributed by atoms with van der Waals surface area (Å²) in [5.41, 5.74) is 4.18. The molecule has 1 aromatic rings. The largest absolute Gasteiger partial charge is 0.497 e. The van der Waals surface area contributed by atoms with Crippen LogP contribution in [0, 0.1) is 13.8 Å². The molecule has 3 unspecified atom stereocenters. The summed E-state index contributed by atoms with van der Waals surface area (Å²) in [7, 11) is 1.73. The van der Waals surface area contributed by atoms with Crippen LogP contribution in [0.3, 0.4) is 0 Å². The van der Waals surface area contributed by atoms with Gasteiger partial charge in [-0.25, -0.2) is 0 Å². The fraction of sp³-hybridized carbons (Fsp3) is 0.647. The molecule has 1 aliphatic heterocycles. The van der Waals surface area contributed by atoms with Crippen molar-refractivity contribution >= 4 is 0 Å². The molecule has 0 bridgehead atoms. The first-order chi connectivity index (χ1) is 9.10. The van der Waals surface area contributed by atoms with Crippen molar-refractivity contribution in [2.24, 2.45) is 0 Å². The van der Waals surface area contributed by atoms with Gasteiger partial charge in [-0.1, -0.05) is 13.8 Å². The van der Waals surface area contributed by atoms with Crippen LogP contribution in [0.1, 0.15) is 55.7 Å². The van der Waals surface area contributed by atoms with Crippen molar-refractivity contribution in [2.75, 3.05) is 7.11 Å². The van der Waals surface area contributed by atoms with Crippen LogP contribution >= 0.6 is 0 Å². The first kappa shape index (κ1) is 14.4. The highest BCUT2D eigenvalue weighted by molar-refractivity contribution is 5.43. The van der Waals surface area contributed by atoms with Gasteiger partial charge in [0.1, 0.15) is 5.75 Å². The molecule has 1 aliphatic rings. The van der Waals surface area contributed by atoms with Crippen LogP contribution in [0.5, 0.6) is 5.75 Å². The number of aryl methyl sites for hydroxylation is 2. The average molecular weight is 262 g/mol. The number of benzene rings is 1. The van der Waals surface area contributed by atoms with Gasteiger partial charge >= 0.3 is 0 Å². The van der Waals surface area contributed by atoms with Gasteiger partial charge in [-0.3, -0.25) is 0 Å². The van der Waals surface area contributed by atoms with Crippen LogP contribution in [-0.2, 0) is 4.74 Å². The smallest absolute Gasteiger partial charge is 0.119 e. The molecule has 0 spiro atoms. The fourth-order valence-electron chi connectivity index (χ4n) is 3.21. The summed E-state index contributed by atoms with van der Waals surface area (Å²) in [5, 5.41) is 0. The molecule has 0 aromatic heterocycles. The van der Waals surface area contributed by atoms with Gasteiger partial charge in [-0.15, -0.1) is 0 Å². The number of ether oxygens (including phenoxy) is 2. The Morgan fingerprint density at radius 3 is 2.21 bits per heavy atom. The molecule has 19 heavy (non-hydrogen) atoms. The molecule has 0 saturated carbocycles. The molecule has 106 valence electrons. The van der Waals surface area contributed by atoms with Gasteiger partial charge in [0.2, 0.25) is 0 Å². The molecule has 0 aliphatic carbocycles. The Bertz CT molecular complexity index is 416. The van der Waals surface area contributed by atoms with Crippen molar-refractivity contribution in [3.05, 3.63) is 28.8 Å². The van der Waals surface area contributed by atoms with Gasteiger partial charge in [0.05, 0.1) is 19.3 Å². The van der Waals surface area contributed by atoms with Crippen molar-refractivity contribution in [3.63, 3.8) is 0 Å². The van der Waals surface area contributed by atoms with E-state index in [4.69, 9.17) is 9.47 Å². The van der Waals surface area contributed by atoms with E-state index < -0.39 is 0 Å². The summed E-state index contributed by atoms with van der Waals surface area (Å²) < 4.78 is 11.1. The summed E-state index contributed by atoms with van der Waals surface area (Å²) in [6, 6.07) is 4.30. The second-order valence-corrected chi connectivity index (χ2v) is 5.64. The summed E-state index contributed by atoms with van der Waals surface area (Å²) in [6.45, 7) is 8.86. The highest BCUT2D eigenvalue weighted by Crippen LogP contribution is 2.39. The van der Waals surface area contributed by atoms with Crippen LogP contribution in [0.15, 0.2) is 12.1 Å². The van der Waals surface area contributed by atoms with Crippen LogP contribution < -0.4 is 4.74 Å². The molecule has 1 fully saturated rings. The van der Waals surface area contributed by atoms with Gasteiger partial charge in [0, 0.05) is 0 Å².